The predicted octanol–water partition coefficient (Wildman–Crippen LogP) is 5.03. The SMILES string of the molecule is CCC(O)CC1CCC2Sc3ncnc(OC4CCC(CC)(N(C)CC)CC4)c3C12. The van der Waals surface area contributed by atoms with Crippen LogP contribution in [0.15, 0.2) is 11.4 Å². The van der Waals surface area contributed by atoms with Crippen molar-refractivity contribution in [2.75, 3.05) is 13.6 Å². The summed E-state index contributed by atoms with van der Waals surface area (Å²) in [4.78, 5) is 11.8. The minimum Gasteiger partial charge on any atom is -0.474 e. The van der Waals surface area contributed by atoms with Gasteiger partial charge in [-0.15, -0.1) is 11.8 Å². The number of aliphatic hydroxyl groups excluding tert-OH is 1. The number of aliphatic hydroxyl groups is 1. The molecule has 6 heteroatoms. The topological polar surface area (TPSA) is 58.5 Å². The van der Waals surface area contributed by atoms with Crippen LogP contribution in [0.3, 0.4) is 0 Å². The van der Waals surface area contributed by atoms with Crippen LogP contribution >= 0.6 is 11.8 Å². The van der Waals surface area contributed by atoms with Gasteiger partial charge in [-0.2, -0.15) is 0 Å². The van der Waals surface area contributed by atoms with Gasteiger partial charge in [0.25, 0.3) is 0 Å². The number of ether oxygens (including phenoxy) is 1. The van der Waals surface area contributed by atoms with Gasteiger partial charge in [-0.1, -0.05) is 20.8 Å². The highest BCUT2D eigenvalue weighted by molar-refractivity contribution is 8.00. The number of nitrogens with zero attached hydrogens (tertiary/aromatic N) is 3. The molecule has 0 amide bonds. The Morgan fingerprint density at radius 1 is 1.20 bits per heavy atom. The zero-order chi connectivity index (χ0) is 21.3. The lowest BCUT2D eigenvalue weighted by Gasteiger charge is -2.45. The smallest absolute Gasteiger partial charge is 0.221 e. The number of rotatable bonds is 8. The van der Waals surface area contributed by atoms with Gasteiger partial charge >= 0.3 is 0 Å². The number of fused-ring (bicyclic) bond motifs is 3. The van der Waals surface area contributed by atoms with E-state index >= 15 is 0 Å². The van der Waals surface area contributed by atoms with Crippen LogP contribution in [0.2, 0.25) is 0 Å². The predicted molar refractivity (Wildman–Crippen MR) is 122 cm³/mol. The molecule has 0 bridgehead atoms. The highest BCUT2D eigenvalue weighted by Crippen LogP contribution is 2.58. The third kappa shape index (κ3) is 4.12. The average Bonchev–Trinajstić information content (AvgIpc) is 3.33. The molecule has 0 aromatic carbocycles. The molecule has 1 aromatic heterocycles. The van der Waals surface area contributed by atoms with Gasteiger partial charge in [0, 0.05) is 16.7 Å². The Morgan fingerprint density at radius 2 is 1.97 bits per heavy atom. The summed E-state index contributed by atoms with van der Waals surface area (Å²) in [6.45, 7) is 7.75. The number of aromatic nitrogens is 2. The van der Waals surface area contributed by atoms with E-state index in [0.29, 0.717) is 22.6 Å². The van der Waals surface area contributed by atoms with E-state index in [1.54, 1.807) is 6.33 Å². The molecule has 2 heterocycles. The van der Waals surface area contributed by atoms with Crippen LogP contribution in [0, 0.1) is 5.92 Å². The molecule has 2 saturated carbocycles. The molecule has 0 spiro atoms. The van der Waals surface area contributed by atoms with Crippen molar-refractivity contribution in [3.05, 3.63) is 11.9 Å². The van der Waals surface area contributed by atoms with Crippen molar-refractivity contribution in [3.8, 4) is 5.88 Å². The van der Waals surface area contributed by atoms with Gasteiger partial charge in [0.1, 0.15) is 17.5 Å². The van der Waals surface area contributed by atoms with Crippen LogP contribution in [0.5, 0.6) is 5.88 Å². The zero-order valence-corrected chi connectivity index (χ0v) is 20.0. The molecule has 4 atom stereocenters. The van der Waals surface area contributed by atoms with E-state index in [4.69, 9.17) is 4.74 Å². The van der Waals surface area contributed by atoms with Crippen LogP contribution in [0.25, 0.3) is 0 Å². The first-order chi connectivity index (χ1) is 14.5. The molecule has 0 saturated heterocycles. The van der Waals surface area contributed by atoms with Crippen molar-refractivity contribution in [1.82, 2.24) is 14.9 Å². The summed E-state index contributed by atoms with van der Waals surface area (Å²) in [5, 5.41) is 12.0. The van der Waals surface area contributed by atoms with Crippen LogP contribution in [0.1, 0.15) is 90.0 Å². The fourth-order valence-corrected chi connectivity index (χ4v) is 7.61. The Bertz CT molecular complexity index is 722. The molecular formula is C24H39N3O2S. The molecule has 5 nitrogen and oxygen atoms in total. The minimum atomic E-state index is -0.201. The molecule has 1 N–H and O–H groups in total. The van der Waals surface area contributed by atoms with Crippen LogP contribution in [0.4, 0.5) is 0 Å². The van der Waals surface area contributed by atoms with Crippen LogP contribution in [-0.4, -0.2) is 56.6 Å². The van der Waals surface area contributed by atoms with Crippen LogP contribution < -0.4 is 4.74 Å². The lowest BCUT2D eigenvalue weighted by Crippen LogP contribution is -2.49. The van der Waals surface area contributed by atoms with Gasteiger partial charge in [0.05, 0.1) is 11.7 Å². The summed E-state index contributed by atoms with van der Waals surface area (Å²) in [6.07, 6.45) is 11.6. The maximum absolute atomic E-state index is 10.3. The van der Waals surface area contributed by atoms with Gasteiger partial charge in [0.15, 0.2) is 0 Å². The van der Waals surface area contributed by atoms with Crippen molar-refractivity contribution in [2.45, 2.75) is 112 Å². The second-order valence-electron chi connectivity index (χ2n) is 9.62. The maximum atomic E-state index is 10.3. The Kier molecular flexibility index (Phi) is 6.95. The summed E-state index contributed by atoms with van der Waals surface area (Å²) in [7, 11) is 2.27. The van der Waals surface area contributed by atoms with E-state index < -0.39 is 0 Å². The quantitative estimate of drug-likeness (QED) is 0.581. The third-order valence-corrected chi connectivity index (χ3v) is 9.65. The monoisotopic (exact) mass is 433 g/mol. The highest BCUT2D eigenvalue weighted by Gasteiger charge is 2.47. The molecule has 4 unspecified atom stereocenters. The molecular weight excluding hydrogens is 394 g/mol. The maximum Gasteiger partial charge on any atom is 0.221 e. The van der Waals surface area contributed by atoms with Crippen molar-refractivity contribution in [2.24, 2.45) is 5.92 Å². The standard InChI is InChI=1S/C24H39N3O2S/c1-5-17(28)14-16-8-9-19-20(16)21-22(25-15-26-23(21)30-19)29-18-10-12-24(6-2,13-11-18)27(4)7-3/h15-20,28H,5-14H2,1-4H3. The molecule has 168 valence electrons. The number of hydrogen-bond donors (Lipinski definition) is 1. The second kappa shape index (κ2) is 9.33. The minimum absolute atomic E-state index is 0.201. The second-order valence-corrected chi connectivity index (χ2v) is 10.9. The van der Waals surface area contributed by atoms with E-state index in [1.165, 1.54) is 37.7 Å². The summed E-state index contributed by atoms with van der Waals surface area (Å²) >= 11 is 1.91. The van der Waals surface area contributed by atoms with Crippen molar-refractivity contribution >= 4 is 11.8 Å². The van der Waals surface area contributed by atoms with E-state index in [2.05, 4.69) is 42.7 Å². The Morgan fingerprint density at radius 3 is 2.63 bits per heavy atom. The highest BCUT2D eigenvalue weighted by atomic mass is 32.2. The first-order valence-electron chi connectivity index (χ1n) is 12.1. The van der Waals surface area contributed by atoms with E-state index in [1.807, 2.05) is 11.8 Å². The van der Waals surface area contributed by atoms with Crippen LogP contribution in [-0.2, 0) is 0 Å². The van der Waals surface area contributed by atoms with Gasteiger partial charge in [-0.3, -0.25) is 0 Å². The number of hydrogen-bond acceptors (Lipinski definition) is 6. The first kappa shape index (κ1) is 22.3. The molecule has 4 rings (SSSR count). The fraction of sp³-hybridized carbons (Fsp3) is 0.833. The summed E-state index contributed by atoms with van der Waals surface area (Å²) < 4.78 is 6.59. The lowest BCUT2D eigenvalue weighted by atomic mass is 9.77. The molecule has 3 aliphatic rings. The third-order valence-electron chi connectivity index (χ3n) is 8.27. The largest absolute Gasteiger partial charge is 0.474 e. The average molecular weight is 434 g/mol. The summed E-state index contributed by atoms with van der Waals surface area (Å²) in [5.74, 6) is 1.78. The Balaban J connectivity index is 1.48. The molecule has 30 heavy (non-hydrogen) atoms. The number of thioether (sulfide) groups is 1. The van der Waals surface area contributed by atoms with E-state index in [0.717, 1.165) is 43.1 Å². The van der Waals surface area contributed by atoms with Crippen molar-refractivity contribution in [3.63, 3.8) is 0 Å². The first-order valence-corrected chi connectivity index (χ1v) is 13.0. The van der Waals surface area contributed by atoms with Gasteiger partial charge in [-0.25, -0.2) is 9.97 Å². The Hall–Kier alpha value is -0.850. The zero-order valence-electron chi connectivity index (χ0n) is 19.1. The van der Waals surface area contributed by atoms with Gasteiger partial charge in [-0.05, 0) is 77.3 Å². The van der Waals surface area contributed by atoms with Gasteiger partial charge < -0.3 is 14.7 Å². The summed E-state index contributed by atoms with van der Waals surface area (Å²) in [6, 6.07) is 0. The van der Waals surface area contributed by atoms with E-state index in [-0.39, 0.29) is 12.2 Å². The Labute approximate surface area is 186 Å². The molecule has 0 radical (unpaired) electrons. The summed E-state index contributed by atoms with van der Waals surface area (Å²) in [5.41, 5.74) is 1.58. The van der Waals surface area contributed by atoms with Gasteiger partial charge in [0.2, 0.25) is 5.88 Å². The molecule has 1 aromatic rings. The van der Waals surface area contributed by atoms with Crippen molar-refractivity contribution < 1.29 is 9.84 Å². The normalized spacial score (nSPS) is 34.1. The molecule has 2 aliphatic carbocycles. The van der Waals surface area contributed by atoms with Crippen molar-refractivity contribution in [1.29, 1.82) is 0 Å². The lowest BCUT2D eigenvalue weighted by molar-refractivity contribution is 0.0275. The van der Waals surface area contributed by atoms with E-state index in [9.17, 15) is 5.11 Å². The molecule has 1 aliphatic heterocycles. The molecule has 2 fully saturated rings. The fourth-order valence-electron chi connectivity index (χ4n) is 6.10.